The molecule has 0 aromatic carbocycles. The van der Waals surface area contributed by atoms with Gasteiger partial charge in [-0.05, 0) is 12.8 Å². The van der Waals surface area contributed by atoms with Gasteiger partial charge in [-0.1, -0.05) is 6.42 Å². The maximum absolute atomic E-state index is 10.8. The third kappa shape index (κ3) is 3.37. The average molecular weight is 172 g/mol. The normalized spacial score (nSPS) is 21.0. The lowest BCUT2D eigenvalue weighted by molar-refractivity contribution is -0.167. The molecule has 0 aromatic rings. The molecule has 1 aliphatic heterocycles. The summed E-state index contributed by atoms with van der Waals surface area (Å²) in [7, 11) is 0. The van der Waals surface area contributed by atoms with Crippen LogP contribution in [-0.2, 0) is 19.1 Å². The van der Waals surface area contributed by atoms with Crippen molar-refractivity contribution in [2.75, 3.05) is 6.79 Å². The highest BCUT2D eigenvalue weighted by molar-refractivity contribution is 5.71. The topological polar surface area (TPSA) is 52.6 Å². The summed E-state index contributed by atoms with van der Waals surface area (Å²) in [6.45, 7) is -0.225. The first-order chi connectivity index (χ1) is 5.79. The zero-order valence-corrected chi connectivity index (χ0v) is 6.88. The quantitative estimate of drug-likeness (QED) is 0.511. The molecule has 0 aliphatic carbocycles. The van der Waals surface area contributed by atoms with Crippen molar-refractivity contribution in [3.63, 3.8) is 0 Å². The number of rotatable bonds is 0. The molecule has 0 spiro atoms. The SMILES string of the molecule is O=C1CCCCCC(=O)OCO1. The van der Waals surface area contributed by atoms with Crippen LogP contribution < -0.4 is 0 Å². The third-order valence-corrected chi connectivity index (χ3v) is 1.70. The second-order valence-electron chi connectivity index (χ2n) is 2.71. The van der Waals surface area contributed by atoms with Crippen LogP contribution in [0.4, 0.5) is 0 Å². The number of hydrogen-bond donors (Lipinski definition) is 0. The van der Waals surface area contributed by atoms with Crippen molar-refractivity contribution in [1.29, 1.82) is 0 Å². The maximum atomic E-state index is 10.8. The first-order valence-electron chi connectivity index (χ1n) is 4.10. The Morgan fingerprint density at radius 3 is 1.83 bits per heavy atom. The molecular formula is C8H12O4. The van der Waals surface area contributed by atoms with Crippen LogP contribution in [0.15, 0.2) is 0 Å². The van der Waals surface area contributed by atoms with Gasteiger partial charge in [-0.15, -0.1) is 0 Å². The van der Waals surface area contributed by atoms with Crippen LogP contribution in [0, 0.1) is 0 Å². The van der Waals surface area contributed by atoms with Gasteiger partial charge in [0.25, 0.3) is 0 Å². The van der Waals surface area contributed by atoms with E-state index in [1.807, 2.05) is 0 Å². The maximum Gasteiger partial charge on any atom is 0.308 e. The largest absolute Gasteiger partial charge is 0.428 e. The molecule has 68 valence electrons. The summed E-state index contributed by atoms with van der Waals surface area (Å²) >= 11 is 0. The molecule has 0 unspecified atom stereocenters. The highest BCUT2D eigenvalue weighted by Gasteiger charge is 2.08. The minimum absolute atomic E-state index is 0.225. The van der Waals surface area contributed by atoms with Crippen molar-refractivity contribution in [3.05, 3.63) is 0 Å². The van der Waals surface area contributed by atoms with Crippen molar-refractivity contribution in [3.8, 4) is 0 Å². The molecule has 1 aliphatic rings. The summed E-state index contributed by atoms with van der Waals surface area (Å²) < 4.78 is 9.21. The highest BCUT2D eigenvalue weighted by atomic mass is 16.7. The van der Waals surface area contributed by atoms with Gasteiger partial charge in [0.15, 0.2) is 0 Å². The van der Waals surface area contributed by atoms with E-state index in [-0.39, 0.29) is 18.7 Å². The standard InChI is InChI=1S/C8H12O4/c9-7-4-2-1-3-5-8(10)12-6-11-7/h1-6H2. The molecule has 0 N–H and O–H groups in total. The van der Waals surface area contributed by atoms with Gasteiger partial charge in [0.2, 0.25) is 6.79 Å². The molecular weight excluding hydrogens is 160 g/mol. The minimum Gasteiger partial charge on any atom is -0.428 e. The molecule has 0 aromatic heterocycles. The van der Waals surface area contributed by atoms with Gasteiger partial charge in [-0.3, -0.25) is 9.59 Å². The Hall–Kier alpha value is -1.06. The van der Waals surface area contributed by atoms with Gasteiger partial charge < -0.3 is 9.47 Å². The predicted molar refractivity (Wildman–Crippen MR) is 40.1 cm³/mol. The highest BCUT2D eigenvalue weighted by Crippen LogP contribution is 2.07. The van der Waals surface area contributed by atoms with Crippen LogP contribution in [0.25, 0.3) is 0 Å². The molecule has 0 atom stereocenters. The lowest BCUT2D eigenvalue weighted by Gasteiger charge is -2.08. The zero-order chi connectivity index (χ0) is 8.81. The summed E-state index contributed by atoms with van der Waals surface area (Å²) in [5.74, 6) is -0.575. The summed E-state index contributed by atoms with van der Waals surface area (Å²) in [4.78, 5) is 21.6. The Balaban J connectivity index is 2.31. The van der Waals surface area contributed by atoms with Crippen molar-refractivity contribution >= 4 is 11.9 Å². The number of cyclic esters (lactones) is 2. The van der Waals surface area contributed by atoms with Gasteiger partial charge in [0.05, 0.1) is 0 Å². The first-order valence-corrected chi connectivity index (χ1v) is 4.10. The Bertz CT molecular complexity index is 158. The molecule has 1 fully saturated rings. The van der Waals surface area contributed by atoms with E-state index in [1.165, 1.54) is 0 Å². The summed E-state index contributed by atoms with van der Waals surface area (Å²) in [5.41, 5.74) is 0. The predicted octanol–water partition coefficient (Wildman–Crippen LogP) is 0.994. The van der Waals surface area contributed by atoms with Crippen LogP contribution in [0.2, 0.25) is 0 Å². The van der Waals surface area contributed by atoms with E-state index in [2.05, 4.69) is 9.47 Å². The third-order valence-electron chi connectivity index (χ3n) is 1.70. The molecule has 12 heavy (non-hydrogen) atoms. The Morgan fingerprint density at radius 1 is 0.833 bits per heavy atom. The van der Waals surface area contributed by atoms with Gasteiger partial charge in [-0.25, -0.2) is 0 Å². The summed E-state index contributed by atoms with van der Waals surface area (Å²) in [6.07, 6.45) is 3.33. The van der Waals surface area contributed by atoms with E-state index in [1.54, 1.807) is 0 Å². The Morgan fingerprint density at radius 2 is 1.33 bits per heavy atom. The van der Waals surface area contributed by atoms with Gasteiger partial charge in [0.1, 0.15) is 0 Å². The van der Waals surface area contributed by atoms with E-state index < -0.39 is 0 Å². The molecule has 4 nitrogen and oxygen atoms in total. The van der Waals surface area contributed by atoms with E-state index in [0.29, 0.717) is 12.8 Å². The zero-order valence-electron chi connectivity index (χ0n) is 6.88. The minimum atomic E-state index is -0.287. The molecule has 4 heteroatoms. The van der Waals surface area contributed by atoms with Gasteiger partial charge >= 0.3 is 11.9 Å². The summed E-state index contributed by atoms with van der Waals surface area (Å²) in [6, 6.07) is 0. The van der Waals surface area contributed by atoms with E-state index in [0.717, 1.165) is 19.3 Å². The monoisotopic (exact) mass is 172 g/mol. The lowest BCUT2D eigenvalue weighted by Crippen LogP contribution is -2.14. The molecule has 1 rings (SSSR count). The van der Waals surface area contributed by atoms with E-state index in [9.17, 15) is 9.59 Å². The molecule has 0 bridgehead atoms. The number of esters is 2. The summed E-state index contributed by atoms with van der Waals surface area (Å²) in [5, 5.41) is 0. The van der Waals surface area contributed by atoms with Crippen molar-refractivity contribution < 1.29 is 19.1 Å². The molecule has 0 amide bonds. The van der Waals surface area contributed by atoms with E-state index >= 15 is 0 Å². The van der Waals surface area contributed by atoms with Crippen molar-refractivity contribution in [2.45, 2.75) is 32.1 Å². The lowest BCUT2D eigenvalue weighted by atomic mass is 10.1. The van der Waals surface area contributed by atoms with Gasteiger partial charge in [0, 0.05) is 12.8 Å². The second-order valence-corrected chi connectivity index (χ2v) is 2.71. The molecule has 1 heterocycles. The fourth-order valence-corrected chi connectivity index (χ4v) is 1.02. The molecule has 1 saturated heterocycles. The van der Waals surface area contributed by atoms with Crippen LogP contribution in [0.5, 0.6) is 0 Å². The smallest absolute Gasteiger partial charge is 0.308 e. The van der Waals surface area contributed by atoms with Crippen LogP contribution in [0.1, 0.15) is 32.1 Å². The Kier molecular flexibility index (Phi) is 3.57. The van der Waals surface area contributed by atoms with Crippen LogP contribution in [-0.4, -0.2) is 18.7 Å². The number of hydrogen-bond acceptors (Lipinski definition) is 4. The number of carbonyl (C=O) groups excluding carboxylic acids is 2. The van der Waals surface area contributed by atoms with Crippen LogP contribution in [0.3, 0.4) is 0 Å². The molecule has 0 radical (unpaired) electrons. The first kappa shape index (κ1) is 9.03. The second kappa shape index (κ2) is 4.74. The average Bonchev–Trinajstić information content (AvgIpc) is 2.04. The van der Waals surface area contributed by atoms with Crippen molar-refractivity contribution in [2.24, 2.45) is 0 Å². The Labute approximate surface area is 70.8 Å². The fourth-order valence-electron chi connectivity index (χ4n) is 1.02. The fraction of sp³-hybridized carbons (Fsp3) is 0.750. The van der Waals surface area contributed by atoms with Crippen LogP contribution >= 0.6 is 0 Å². The van der Waals surface area contributed by atoms with Crippen molar-refractivity contribution in [1.82, 2.24) is 0 Å². The number of carbonyl (C=O) groups is 2. The van der Waals surface area contributed by atoms with Gasteiger partial charge in [-0.2, -0.15) is 0 Å². The molecule has 0 saturated carbocycles. The number of ether oxygens (including phenoxy) is 2. The van der Waals surface area contributed by atoms with E-state index in [4.69, 9.17) is 0 Å².